The van der Waals surface area contributed by atoms with E-state index in [0.717, 1.165) is 17.7 Å². The molecule has 0 aliphatic rings. The van der Waals surface area contributed by atoms with Gasteiger partial charge in [0.25, 0.3) is 0 Å². The summed E-state index contributed by atoms with van der Waals surface area (Å²) in [5.74, 6) is 1.78. The molecule has 3 N–H and O–H groups in total. The highest BCUT2D eigenvalue weighted by Crippen LogP contribution is 2.30. The summed E-state index contributed by atoms with van der Waals surface area (Å²) < 4.78 is 5.93. The van der Waals surface area contributed by atoms with Crippen molar-refractivity contribution in [1.29, 1.82) is 0 Å². The van der Waals surface area contributed by atoms with Crippen LogP contribution < -0.4 is 15.8 Å². The number of hydrogen-bond donors (Lipinski definition) is 2. The average molecular weight is 343 g/mol. The molecule has 132 valence electrons. The van der Waals surface area contributed by atoms with E-state index >= 15 is 0 Å². The van der Waals surface area contributed by atoms with E-state index in [-0.39, 0.29) is 24.4 Å². The molecule has 1 amide bonds. The Labute approximate surface area is 146 Å². The van der Waals surface area contributed by atoms with Crippen molar-refractivity contribution >= 4 is 18.3 Å². The van der Waals surface area contributed by atoms with Gasteiger partial charge in [-0.25, -0.2) is 0 Å². The maximum Gasteiger partial charge on any atom is 0.221 e. The summed E-state index contributed by atoms with van der Waals surface area (Å²) in [4.78, 5) is 12.0. The van der Waals surface area contributed by atoms with Crippen LogP contribution in [0.25, 0.3) is 0 Å². The molecule has 0 heterocycles. The molecule has 0 saturated heterocycles. The van der Waals surface area contributed by atoms with Crippen LogP contribution in [0.1, 0.15) is 52.1 Å². The molecule has 4 nitrogen and oxygen atoms in total. The third kappa shape index (κ3) is 8.24. The minimum atomic E-state index is -0.0394. The van der Waals surface area contributed by atoms with Crippen molar-refractivity contribution in [2.24, 2.45) is 17.6 Å². The Balaban J connectivity index is 0.00000484. The number of benzene rings is 1. The number of rotatable bonds is 9. The lowest BCUT2D eigenvalue weighted by molar-refractivity contribution is -0.121. The first-order chi connectivity index (χ1) is 10.4. The van der Waals surface area contributed by atoms with Crippen molar-refractivity contribution in [2.75, 3.05) is 13.2 Å². The lowest BCUT2D eigenvalue weighted by atomic mass is 9.96. The molecule has 1 rings (SSSR count). The van der Waals surface area contributed by atoms with Crippen LogP contribution in [-0.4, -0.2) is 19.1 Å². The summed E-state index contributed by atoms with van der Waals surface area (Å²) in [5.41, 5.74) is 6.51. The Hall–Kier alpha value is -1.26. The van der Waals surface area contributed by atoms with Crippen molar-refractivity contribution in [3.8, 4) is 5.75 Å². The number of ether oxygens (including phenoxy) is 1. The maximum absolute atomic E-state index is 12.0. The Morgan fingerprint density at radius 1 is 1.17 bits per heavy atom. The summed E-state index contributed by atoms with van der Waals surface area (Å²) in [6.07, 6.45) is 1.22. The van der Waals surface area contributed by atoms with Gasteiger partial charge in [0.05, 0.1) is 12.6 Å². The van der Waals surface area contributed by atoms with E-state index in [0.29, 0.717) is 31.4 Å². The van der Waals surface area contributed by atoms with E-state index in [4.69, 9.17) is 10.5 Å². The Kier molecular flexibility index (Phi) is 10.7. The van der Waals surface area contributed by atoms with Gasteiger partial charge in [-0.3, -0.25) is 4.79 Å². The molecule has 0 aromatic heterocycles. The minimum absolute atomic E-state index is 0. The van der Waals surface area contributed by atoms with Crippen LogP contribution in [0.15, 0.2) is 24.3 Å². The van der Waals surface area contributed by atoms with Gasteiger partial charge < -0.3 is 15.8 Å². The van der Waals surface area contributed by atoms with E-state index in [1.54, 1.807) is 0 Å². The van der Waals surface area contributed by atoms with Gasteiger partial charge >= 0.3 is 0 Å². The Bertz CT molecular complexity index is 464. The second-order valence-electron chi connectivity index (χ2n) is 6.53. The number of carbonyl (C=O) groups excluding carboxylic acids is 1. The van der Waals surface area contributed by atoms with Gasteiger partial charge in [-0.1, -0.05) is 45.9 Å². The second-order valence-corrected chi connectivity index (χ2v) is 6.53. The smallest absolute Gasteiger partial charge is 0.221 e. The monoisotopic (exact) mass is 342 g/mol. The first kappa shape index (κ1) is 21.7. The molecule has 0 fully saturated rings. The molecule has 0 bridgehead atoms. The van der Waals surface area contributed by atoms with Gasteiger partial charge in [-0.05, 0) is 24.3 Å². The summed E-state index contributed by atoms with van der Waals surface area (Å²) in [7, 11) is 0. The summed E-state index contributed by atoms with van der Waals surface area (Å²) >= 11 is 0. The van der Waals surface area contributed by atoms with Crippen molar-refractivity contribution in [3.63, 3.8) is 0 Å². The van der Waals surface area contributed by atoms with Gasteiger partial charge in [0.15, 0.2) is 0 Å². The van der Waals surface area contributed by atoms with Crippen molar-refractivity contribution in [1.82, 2.24) is 5.32 Å². The lowest BCUT2D eigenvalue weighted by Crippen LogP contribution is -2.31. The number of carbonyl (C=O) groups is 1. The maximum atomic E-state index is 12.0. The highest BCUT2D eigenvalue weighted by atomic mass is 35.5. The number of hydrogen-bond acceptors (Lipinski definition) is 3. The molecule has 0 aliphatic heterocycles. The zero-order chi connectivity index (χ0) is 16.5. The lowest BCUT2D eigenvalue weighted by Gasteiger charge is -2.24. The molecule has 1 aromatic carbocycles. The Morgan fingerprint density at radius 2 is 1.83 bits per heavy atom. The molecule has 0 radical (unpaired) electrons. The average Bonchev–Trinajstić information content (AvgIpc) is 2.44. The topological polar surface area (TPSA) is 64.3 Å². The van der Waals surface area contributed by atoms with Crippen LogP contribution in [0.5, 0.6) is 5.75 Å². The third-order valence-corrected chi connectivity index (χ3v) is 3.28. The van der Waals surface area contributed by atoms with Crippen molar-refractivity contribution < 1.29 is 9.53 Å². The molecule has 1 unspecified atom stereocenters. The van der Waals surface area contributed by atoms with Gasteiger partial charge in [0.1, 0.15) is 5.75 Å². The molecule has 1 aromatic rings. The number of halogens is 1. The van der Waals surface area contributed by atoms with E-state index in [1.165, 1.54) is 0 Å². The standard InChI is InChI=1S/C18H30N2O2.ClH/c1-13(2)11-16(20-18(21)9-10-19)15-7-5-6-8-17(15)22-12-14(3)4;/h5-8,13-14,16H,9-12,19H2,1-4H3,(H,20,21);1H. The first-order valence-electron chi connectivity index (χ1n) is 8.15. The Morgan fingerprint density at radius 3 is 2.39 bits per heavy atom. The SMILES string of the molecule is CC(C)COc1ccccc1C(CC(C)C)NC(=O)CCN.Cl. The fourth-order valence-electron chi connectivity index (χ4n) is 2.29. The molecule has 0 spiro atoms. The molecule has 0 aliphatic carbocycles. The summed E-state index contributed by atoms with van der Waals surface area (Å²) in [5, 5.41) is 3.09. The zero-order valence-corrected chi connectivity index (χ0v) is 15.5. The molecule has 1 atom stereocenters. The predicted octanol–water partition coefficient (Wildman–Crippen LogP) is 3.70. The van der Waals surface area contributed by atoms with Crippen LogP contribution >= 0.6 is 12.4 Å². The quantitative estimate of drug-likeness (QED) is 0.719. The molecule has 5 heteroatoms. The van der Waals surface area contributed by atoms with E-state index in [9.17, 15) is 4.79 Å². The number of nitrogens with one attached hydrogen (secondary N) is 1. The van der Waals surface area contributed by atoms with Crippen LogP contribution in [-0.2, 0) is 4.79 Å². The molecular weight excluding hydrogens is 312 g/mol. The van der Waals surface area contributed by atoms with Gasteiger partial charge in [0.2, 0.25) is 5.91 Å². The van der Waals surface area contributed by atoms with Crippen molar-refractivity contribution in [3.05, 3.63) is 29.8 Å². The van der Waals surface area contributed by atoms with Gasteiger partial charge in [-0.15, -0.1) is 12.4 Å². The van der Waals surface area contributed by atoms with Gasteiger partial charge in [-0.2, -0.15) is 0 Å². The summed E-state index contributed by atoms with van der Waals surface area (Å²) in [6, 6.07) is 7.92. The zero-order valence-electron chi connectivity index (χ0n) is 14.7. The second kappa shape index (κ2) is 11.3. The van der Waals surface area contributed by atoms with Crippen molar-refractivity contribution in [2.45, 2.75) is 46.6 Å². The minimum Gasteiger partial charge on any atom is -0.493 e. The van der Waals surface area contributed by atoms with E-state index < -0.39 is 0 Å². The highest BCUT2D eigenvalue weighted by Gasteiger charge is 2.19. The van der Waals surface area contributed by atoms with Crippen LogP contribution in [0.4, 0.5) is 0 Å². The fourth-order valence-corrected chi connectivity index (χ4v) is 2.29. The third-order valence-electron chi connectivity index (χ3n) is 3.28. The number of para-hydroxylation sites is 1. The van der Waals surface area contributed by atoms with Crippen LogP contribution in [0, 0.1) is 11.8 Å². The number of amides is 1. The number of nitrogens with two attached hydrogens (primary N) is 1. The summed E-state index contributed by atoms with van der Waals surface area (Å²) in [6.45, 7) is 9.59. The normalized spacial score (nSPS) is 12.0. The predicted molar refractivity (Wildman–Crippen MR) is 98.0 cm³/mol. The molecule has 0 saturated carbocycles. The van der Waals surface area contributed by atoms with E-state index in [2.05, 4.69) is 33.0 Å². The molecular formula is C18H31ClN2O2. The van der Waals surface area contributed by atoms with Gasteiger partial charge in [0, 0.05) is 18.5 Å². The fraction of sp³-hybridized carbons (Fsp3) is 0.611. The largest absolute Gasteiger partial charge is 0.493 e. The van der Waals surface area contributed by atoms with E-state index in [1.807, 2.05) is 24.3 Å². The highest BCUT2D eigenvalue weighted by molar-refractivity contribution is 5.85. The van der Waals surface area contributed by atoms with Crippen LogP contribution in [0.2, 0.25) is 0 Å². The first-order valence-corrected chi connectivity index (χ1v) is 8.15. The molecule has 23 heavy (non-hydrogen) atoms. The van der Waals surface area contributed by atoms with Crippen LogP contribution in [0.3, 0.4) is 0 Å².